The van der Waals surface area contributed by atoms with Crippen LogP contribution < -0.4 is 9.47 Å². The van der Waals surface area contributed by atoms with E-state index in [1.54, 1.807) is 26.0 Å². The Bertz CT molecular complexity index is 462. The van der Waals surface area contributed by atoms with Crippen molar-refractivity contribution in [1.82, 2.24) is 4.90 Å². The van der Waals surface area contributed by atoms with Crippen molar-refractivity contribution in [2.45, 2.75) is 39.3 Å². The van der Waals surface area contributed by atoms with E-state index in [1.165, 1.54) is 0 Å². The van der Waals surface area contributed by atoms with Crippen molar-refractivity contribution in [3.8, 4) is 11.5 Å². The maximum Gasteiger partial charge on any atom is 0.320 e. The maximum absolute atomic E-state index is 11.0. The summed E-state index contributed by atoms with van der Waals surface area (Å²) in [6, 6.07) is 5.17. The Morgan fingerprint density at radius 1 is 1.38 bits per heavy atom. The van der Waals surface area contributed by atoms with Crippen molar-refractivity contribution in [2.75, 3.05) is 20.8 Å². The Morgan fingerprint density at radius 2 is 2.10 bits per heavy atom. The number of hydrogen-bond acceptors (Lipinski definition) is 4. The summed E-state index contributed by atoms with van der Waals surface area (Å²) in [4.78, 5) is 12.8. The summed E-state index contributed by atoms with van der Waals surface area (Å²) in [6.45, 7) is 4.98. The molecule has 0 aliphatic carbocycles. The fourth-order valence-corrected chi connectivity index (χ4v) is 1.87. The molecule has 5 heteroatoms. The molecule has 1 unspecified atom stereocenters. The van der Waals surface area contributed by atoms with Crippen molar-refractivity contribution in [2.24, 2.45) is 0 Å². The molecule has 1 atom stereocenters. The largest absolute Gasteiger partial charge is 0.493 e. The second-order valence-electron chi connectivity index (χ2n) is 5.12. The Labute approximate surface area is 126 Å². The molecular formula is C16H25NO4. The first-order valence-corrected chi connectivity index (χ1v) is 7.22. The zero-order valence-corrected chi connectivity index (χ0v) is 13.3. The molecule has 1 N–H and O–H groups in total. The summed E-state index contributed by atoms with van der Waals surface area (Å²) >= 11 is 0. The lowest BCUT2D eigenvalue weighted by Gasteiger charge is -2.21. The van der Waals surface area contributed by atoms with Crippen molar-refractivity contribution in [3.63, 3.8) is 0 Å². The number of benzene rings is 1. The molecule has 118 valence electrons. The van der Waals surface area contributed by atoms with E-state index in [4.69, 9.17) is 14.6 Å². The van der Waals surface area contributed by atoms with Crippen LogP contribution in [-0.4, -0.2) is 42.8 Å². The third kappa shape index (κ3) is 5.27. The van der Waals surface area contributed by atoms with Gasteiger partial charge in [0, 0.05) is 6.54 Å². The highest BCUT2D eigenvalue weighted by molar-refractivity contribution is 5.72. The molecule has 5 nitrogen and oxygen atoms in total. The monoisotopic (exact) mass is 295 g/mol. The molecule has 1 rings (SSSR count). The lowest BCUT2D eigenvalue weighted by Crippen LogP contribution is -2.35. The molecule has 1 aromatic rings. The van der Waals surface area contributed by atoms with Crippen LogP contribution in [0, 0.1) is 0 Å². The number of carboxylic acids is 1. The first-order valence-electron chi connectivity index (χ1n) is 7.22. The number of rotatable bonds is 9. The molecule has 0 fully saturated rings. The number of likely N-dealkylation sites (N-methyl/N-ethyl adjacent to an activating group) is 1. The second-order valence-corrected chi connectivity index (χ2v) is 5.12. The van der Waals surface area contributed by atoms with Crippen molar-refractivity contribution >= 4 is 5.97 Å². The Balaban J connectivity index is 2.79. The van der Waals surface area contributed by atoms with E-state index < -0.39 is 12.0 Å². The smallest absolute Gasteiger partial charge is 0.320 e. The normalized spacial score (nSPS) is 12.2. The fourth-order valence-electron chi connectivity index (χ4n) is 1.87. The summed E-state index contributed by atoms with van der Waals surface area (Å²) in [6.07, 6.45) is 2.06. The van der Waals surface area contributed by atoms with Crippen molar-refractivity contribution in [3.05, 3.63) is 23.8 Å². The molecule has 0 aliphatic heterocycles. The number of unbranched alkanes of at least 4 members (excludes halogenated alkanes) is 1. The number of hydrogen-bond donors (Lipinski definition) is 1. The Hall–Kier alpha value is -1.75. The number of methoxy groups -OCH3 is 1. The summed E-state index contributed by atoms with van der Waals surface area (Å²) in [5, 5.41) is 9.02. The summed E-state index contributed by atoms with van der Waals surface area (Å²) in [7, 11) is 3.40. The fraction of sp³-hybridized carbons (Fsp3) is 0.562. The van der Waals surface area contributed by atoms with Gasteiger partial charge < -0.3 is 14.6 Å². The van der Waals surface area contributed by atoms with E-state index in [-0.39, 0.29) is 0 Å². The summed E-state index contributed by atoms with van der Waals surface area (Å²) < 4.78 is 11.0. The van der Waals surface area contributed by atoms with Gasteiger partial charge in [0.15, 0.2) is 11.5 Å². The quantitative estimate of drug-likeness (QED) is 0.710. The average Bonchev–Trinajstić information content (AvgIpc) is 2.46. The van der Waals surface area contributed by atoms with Crippen LogP contribution in [0.25, 0.3) is 0 Å². The Morgan fingerprint density at radius 3 is 2.67 bits per heavy atom. The topological polar surface area (TPSA) is 59.0 Å². The van der Waals surface area contributed by atoms with Gasteiger partial charge in [-0.3, -0.25) is 9.69 Å². The molecule has 0 saturated carbocycles. The van der Waals surface area contributed by atoms with Crippen LogP contribution in [0.5, 0.6) is 11.5 Å². The molecule has 0 amide bonds. The van der Waals surface area contributed by atoms with Gasteiger partial charge in [0.1, 0.15) is 6.04 Å². The van der Waals surface area contributed by atoms with Crippen LogP contribution in [0.4, 0.5) is 0 Å². The summed E-state index contributed by atoms with van der Waals surface area (Å²) in [5.41, 5.74) is 0.998. The van der Waals surface area contributed by atoms with Gasteiger partial charge in [0.25, 0.3) is 0 Å². The molecule has 0 spiro atoms. The van der Waals surface area contributed by atoms with Crippen LogP contribution in [0.2, 0.25) is 0 Å². The van der Waals surface area contributed by atoms with Crippen LogP contribution in [-0.2, 0) is 11.3 Å². The maximum atomic E-state index is 11.0. The van der Waals surface area contributed by atoms with E-state index >= 15 is 0 Å². The first kappa shape index (κ1) is 17.3. The number of ether oxygens (including phenoxy) is 2. The van der Waals surface area contributed by atoms with Crippen LogP contribution >= 0.6 is 0 Å². The highest BCUT2D eigenvalue weighted by Crippen LogP contribution is 2.28. The standard InChI is InChI=1S/C16H25NO4/c1-5-6-9-21-15-10-13(7-8-14(15)20-4)11-17(3)12(2)16(18)19/h7-8,10,12H,5-6,9,11H2,1-4H3,(H,18,19). The predicted molar refractivity (Wildman–Crippen MR) is 82.0 cm³/mol. The van der Waals surface area contributed by atoms with Crippen LogP contribution in [0.1, 0.15) is 32.3 Å². The molecule has 0 heterocycles. The first-order chi connectivity index (χ1) is 9.99. The Kier molecular flexibility index (Phi) is 7.02. The minimum atomic E-state index is -0.828. The van der Waals surface area contributed by atoms with Gasteiger partial charge in [-0.25, -0.2) is 0 Å². The van der Waals surface area contributed by atoms with E-state index in [0.29, 0.717) is 24.7 Å². The molecule has 0 radical (unpaired) electrons. The lowest BCUT2D eigenvalue weighted by atomic mass is 10.1. The SMILES string of the molecule is CCCCOc1cc(CN(C)C(C)C(=O)O)ccc1OC. The van der Waals surface area contributed by atoms with Gasteiger partial charge in [-0.2, -0.15) is 0 Å². The van der Waals surface area contributed by atoms with Gasteiger partial charge >= 0.3 is 5.97 Å². The van der Waals surface area contributed by atoms with Crippen molar-refractivity contribution < 1.29 is 19.4 Å². The number of carboxylic acid groups (broad SMARTS) is 1. The number of aliphatic carboxylic acids is 1. The number of nitrogens with zero attached hydrogens (tertiary/aromatic N) is 1. The van der Waals surface area contributed by atoms with Gasteiger partial charge in [0.2, 0.25) is 0 Å². The minimum absolute atomic E-state index is 0.531. The lowest BCUT2D eigenvalue weighted by molar-refractivity contribution is -0.142. The van der Waals surface area contributed by atoms with E-state index in [0.717, 1.165) is 18.4 Å². The molecule has 0 saturated heterocycles. The van der Waals surface area contributed by atoms with Gasteiger partial charge in [-0.05, 0) is 38.1 Å². The van der Waals surface area contributed by atoms with Crippen LogP contribution in [0.15, 0.2) is 18.2 Å². The minimum Gasteiger partial charge on any atom is -0.493 e. The third-order valence-corrected chi connectivity index (χ3v) is 3.43. The average molecular weight is 295 g/mol. The van der Waals surface area contributed by atoms with Gasteiger partial charge in [-0.1, -0.05) is 19.4 Å². The molecular weight excluding hydrogens is 270 g/mol. The second kappa shape index (κ2) is 8.52. The molecule has 1 aromatic carbocycles. The number of carbonyl (C=O) groups is 1. The molecule has 21 heavy (non-hydrogen) atoms. The molecule has 0 aliphatic rings. The van der Waals surface area contributed by atoms with Crippen LogP contribution in [0.3, 0.4) is 0 Å². The zero-order valence-electron chi connectivity index (χ0n) is 13.3. The highest BCUT2D eigenvalue weighted by atomic mass is 16.5. The summed E-state index contributed by atoms with van der Waals surface area (Å²) in [5.74, 6) is 0.578. The van der Waals surface area contributed by atoms with E-state index in [9.17, 15) is 4.79 Å². The third-order valence-electron chi connectivity index (χ3n) is 3.43. The predicted octanol–water partition coefficient (Wildman–Crippen LogP) is 2.78. The van der Waals surface area contributed by atoms with E-state index in [2.05, 4.69) is 6.92 Å². The zero-order chi connectivity index (χ0) is 15.8. The molecule has 0 bridgehead atoms. The van der Waals surface area contributed by atoms with E-state index in [1.807, 2.05) is 18.2 Å². The highest BCUT2D eigenvalue weighted by Gasteiger charge is 2.17. The van der Waals surface area contributed by atoms with Gasteiger partial charge in [0.05, 0.1) is 13.7 Å². The molecule has 0 aromatic heterocycles. The van der Waals surface area contributed by atoms with Gasteiger partial charge in [-0.15, -0.1) is 0 Å². The van der Waals surface area contributed by atoms with Crippen molar-refractivity contribution in [1.29, 1.82) is 0 Å².